The van der Waals surface area contributed by atoms with Gasteiger partial charge in [-0.05, 0) is 24.6 Å². The molecule has 0 fully saturated rings. The van der Waals surface area contributed by atoms with E-state index in [1.165, 1.54) is 0 Å². The van der Waals surface area contributed by atoms with E-state index in [0.29, 0.717) is 5.82 Å². The maximum absolute atomic E-state index is 12.8. The van der Waals surface area contributed by atoms with E-state index in [4.69, 9.17) is 0 Å². The molecule has 0 saturated heterocycles. The molecule has 0 radical (unpaired) electrons. The molecule has 0 unspecified atom stereocenters. The second-order valence-electron chi connectivity index (χ2n) is 5.67. The summed E-state index contributed by atoms with van der Waals surface area (Å²) in [6.45, 7) is 1.92. The number of rotatable bonds is 5. The van der Waals surface area contributed by atoms with Gasteiger partial charge in [-0.15, -0.1) is 0 Å². The highest BCUT2D eigenvalue weighted by atomic mass is 32.2. The van der Waals surface area contributed by atoms with Crippen LogP contribution in [0.15, 0.2) is 71.9 Å². The first kappa shape index (κ1) is 16.4. The minimum Gasteiger partial charge on any atom is -0.336 e. The van der Waals surface area contributed by atoms with E-state index in [2.05, 4.69) is 9.71 Å². The zero-order valence-corrected chi connectivity index (χ0v) is 14.4. The topological polar surface area (TPSA) is 64.0 Å². The van der Waals surface area contributed by atoms with Gasteiger partial charge in [0.15, 0.2) is 0 Å². The smallest absolute Gasteiger partial charge is 0.241 e. The minimum absolute atomic E-state index is 0.239. The Kier molecular flexibility index (Phi) is 4.51. The van der Waals surface area contributed by atoms with Gasteiger partial charge in [-0.1, -0.05) is 48.0 Å². The molecule has 3 rings (SSSR count). The molecular formula is C18H19N3O2S. The Hall–Kier alpha value is -2.44. The molecule has 0 aliphatic carbocycles. The number of aryl methyl sites for hydroxylation is 2. The first-order chi connectivity index (χ1) is 11.5. The average Bonchev–Trinajstić information content (AvgIpc) is 3.00. The second-order valence-corrected chi connectivity index (χ2v) is 7.39. The van der Waals surface area contributed by atoms with Crippen molar-refractivity contribution in [3.05, 3.63) is 83.9 Å². The van der Waals surface area contributed by atoms with Gasteiger partial charge in [-0.2, -0.15) is 4.72 Å². The molecule has 1 atom stereocenters. The SMILES string of the molecule is Cc1ccc(S(=O)(=O)N[C@@H](c2ccccc2)c2nccn2C)cc1. The molecular weight excluding hydrogens is 322 g/mol. The van der Waals surface area contributed by atoms with Gasteiger partial charge in [0.2, 0.25) is 10.0 Å². The fraction of sp³-hybridized carbons (Fsp3) is 0.167. The standard InChI is InChI=1S/C18H19N3O2S/c1-14-8-10-16(11-9-14)24(22,23)20-17(15-6-4-3-5-7-15)18-19-12-13-21(18)2/h3-13,17,20H,1-2H3/t17-/m0/s1. The Bertz CT molecular complexity index is 916. The van der Waals surface area contributed by atoms with Crippen LogP contribution in [0.2, 0.25) is 0 Å². The highest BCUT2D eigenvalue weighted by Crippen LogP contribution is 2.23. The van der Waals surface area contributed by atoms with Gasteiger partial charge in [-0.25, -0.2) is 13.4 Å². The second kappa shape index (κ2) is 6.59. The maximum atomic E-state index is 12.8. The number of nitrogens with zero attached hydrogens (tertiary/aromatic N) is 2. The molecule has 1 N–H and O–H groups in total. The fourth-order valence-electron chi connectivity index (χ4n) is 2.51. The molecule has 0 saturated carbocycles. The summed E-state index contributed by atoms with van der Waals surface area (Å²) in [4.78, 5) is 4.56. The van der Waals surface area contributed by atoms with E-state index in [-0.39, 0.29) is 4.90 Å². The lowest BCUT2D eigenvalue weighted by molar-refractivity contribution is 0.563. The van der Waals surface area contributed by atoms with Crippen LogP contribution in [0.5, 0.6) is 0 Å². The Balaban J connectivity index is 2.01. The summed E-state index contributed by atoms with van der Waals surface area (Å²) in [6.07, 6.45) is 3.46. The van der Waals surface area contributed by atoms with Crippen LogP contribution < -0.4 is 4.72 Å². The lowest BCUT2D eigenvalue weighted by Crippen LogP contribution is -2.31. The van der Waals surface area contributed by atoms with Gasteiger partial charge >= 0.3 is 0 Å². The summed E-state index contributed by atoms with van der Waals surface area (Å²) in [6, 6.07) is 15.7. The zero-order valence-electron chi connectivity index (χ0n) is 13.5. The minimum atomic E-state index is -3.67. The van der Waals surface area contributed by atoms with E-state index in [0.717, 1.165) is 11.1 Å². The quantitative estimate of drug-likeness (QED) is 0.776. The van der Waals surface area contributed by atoms with Gasteiger partial charge in [0.25, 0.3) is 0 Å². The monoisotopic (exact) mass is 341 g/mol. The van der Waals surface area contributed by atoms with E-state index in [1.54, 1.807) is 36.7 Å². The van der Waals surface area contributed by atoms with Crippen LogP contribution in [0.25, 0.3) is 0 Å². The molecule has 1 aromatic heterocycles. The van der Waals surface area contributed by atoms with Crippen molar-refractivity contribution in [1.29, 1.82) is 0 Å². The van der Waals surface area contributed by atoms with Gasteiger partial charge in [0.05, 0.1) is 4.90 Å². The molecule has 6 heteroatoms. The Morgan fingerprint density at radius 1 is 1.04 bits per heavy atom. The Morgan fingerprint density at radius 3 is 2.29 bits per heavy atom. The normalized spacial score (nSPS) is 12.9. The number of benzene rings is 2. The number of imidazole rings is 1. The molecule has 0 aliphatic heterocycles. The van der Waals surface area contributed by atoms with Crippen molar-refractivity contribution in [3.8, 4) is 0 Å². The number of sulfonamides is 1. The molecule has 3 aromatic rings. The number of hydrogen-bond acceptors (Lipinski definition) is 3. The average molecular weight is 341 g/mol. The van der Waals surface area contributed by atoms with Crippen molar-refractivity contribution < 1.29 is 8.42 Å². The molecule has 1 heterocycles. The number of nitrogens with one attached hydrogen (secondary N) is 1. The van der Waals surface area contributed by atoms with Crippen LogP contribution >= 0.6 is 0 Å². The highest BCUT2D eigenvalue weighted by molar-refractivity contribution is 7.89. The molecule has 0 aliphatic rings. The molecule has 0 bridgehead atoms. The van der Waals surface area contributed by atoms with Crippen molar-refractivity contribution in [1.82, 2.24) is 14.3 Å². The van der Waals surface area contributed by atoms with E-state index < -0.39 is 16.1 Å². The van der Waals surface area contributed by atoms with Crippen molar-refractivity contribution in [2.45, 2.75) is 17.9 Å². The van der Waals surface area contributed by atoms with Crippen molar-refractivity contribution in [3.63, 3.8) is 0 Å². The first-order valence-electron chi connectivity index (χ1n) is 7.58. The van der Waals surface area contributed by atoms with Crippen LogP contribution in [0.4, 0.5) is 0 Å². The summed E-state index contributed by atoms with van der Waals surface area (Å²) in [7, 11) is -1.82. The van der Waals surface area contributed by atoms with Crippen molar-refractivity contribution >= 4 is 10.0 Å². The fourth-order valence-corrected chi connectivity index (χ4v) is 3.69. The highest BCUT2D eigenvalue weighted by Gasteiger charge is 2.25. The van der Waals surface area contributed by atoms with Crippen LogP contribution in [-0.2, 0) is 17.1 Å². The molecule has 24 heavy (non-hydrogen) atoms. The molecule has 2 aromatic carbocycles. The third kappa shape index (κ3) is 3.39. The summed E-state index contributed by atoms with van der Waals surface area (Å²) in [5.74, 6) is 0.636. The van der Waals surface area contributed by atoms with Gasteiger partial charge in [0, 0.05) is 19.4 Å². The lowest BCUT2D eigenvalue weighted by atomic mass is 10.1. The predicted octanol–water partition coefficient (Wildman–Crippen LogP) is 2.80. The molecule has 124 valence electrons. The van der Waals surface area contributed by atoms with E-state index >= 15 is 0 Å². The summed E-state index contributed by atoms with van der Waals surface area (Å²) in [5.41, 5.74) is 1.85. The number of hydrogen-bond donors (Lipinski definition) is 1. The third-order valence-electron chi connectivity index (χ3n) is 3.85. The zero-order chi connectivity index (χ0) is 17.2. The van der Waals surface area contributed by atoms with E-state index in [1.807, 2.05) is 48.9 Å². The van der Waals surface area contributed by atoms with Crippen molar-refractivity contribution in [2.24, 2.45) is 7.05 Å². The maximum Gasteiger partial charge on any atom is 0.241 e. The Labute approximate surface area is 142 Å². The molecule has 0 spiro atoms. The number of aromatic nitrogens is 2. The van der Waals surface area contributed by atoms with Crippen LogP contribution in [0.3, 0.4) is 0 Å². The first-order valence-corrected chi connectivity index (χ1v) is 9.07. The van der Waals surface area contributed by atoms with Crippen LogP contribution in [0, 0.1) is 6.92 Å². The summed E-state index contributed by atoms with van der Waals surface area (Å²) < 4.78 is 30.2. The van der Waals surface area contributed by atoms with Crippen molar-refractivity contribution in [2.75, 3.05) is 0 Å². The largest absolute Gasteiger partial charge is 0.336 e. The summed E-state index contributed by atoms with van der Waals surface area (Å²) >= 11 is 0. The predicted molar refractivity (Wildman–Crippen MR) is 93.0 cm³/mol. The van der Waals surface area contributed by atoms with Gasteiger partial charge < -0.3 is 4.57 Å². The van der Waals surface area contributed by atoms with Gasteiger partial charge in [-0.3, -0.25) is 0 Å². The molecule has 0 amide bonds. The summed E-state index contributed by atoms with van der Waals surface area (Å²) in [5, 5.41) is 0. The molecule has 5 nitrogen and oxygen atoms in total. The van der Waals surface area contributed by atoms with E-state index in [9.17, 15) is 8.42 Å². The van der Waals surface area contributed by atoms with Crippen LogP contribution in [-0.4, -0.2) is 18.0 Å². The Morgan fingerprint density at radius 2 is 1.71 bits per heavy atom. The third-order valence-corrected chi connectivity index (χ3v) is 5.29. The van der Waals surface area contributed by atoms with Gasteiger partial charge in [0.1, 0.15) is 11.9 Å². The van der Waals surface area contributed by atoms with Crippen LogP contribution in [0.1, 0.15) is 23.0 Å². The lowest BCUT2D eigenvalue weighted by Gasteiger charge is -2.19.